The summed E-state index contributed by atoms with van der Waals surface area (Å²) in [6.45, 7) is 5.89. The molecule has 31 heavy (non-hydrogen) atoms. The van der Waals surface area contributed by atoms with Gasteiger partial charge in [-0.15, -0.1) is 0 Å². The summed E-state index contributed by atoms with van der Waals surface area (Å²) in [5.41, 5.74) is 3.94. The summed E-state index contributed by atoms with van der Waals surface area (Å²) in [4.78, 5) is 30.5. The lowest BCUT2D eigenvalue weighted by molar-refractivity contribution is 0.0625. The number of aryl methyl sites for hydroxylation is 1. The van der Waals surface area contributed by atoms with Crippen molar-refractivity contribution < 1.29 is 9.59 Å². The highest BCUT2D eigenvalue weighted by Crippen LogP contribution is 2.19. The number of hydrogen-bond donors (Lipinski definition) is 0. The van der Waals surface area contributed by atoms with Crippen LogP contribution in [0.2, 0.25) is 5.02 Å². The third-order valence-electron chi connectivity index (χ3n) is 5.69. The number of benzene rings is 3. The molecule has 0 saturated carbocycles. The van der Waals surface area contributed by atoms with Crippen LogP contribution in [-0.4, -0.2) is 47.7 Å². The number of carbonyl (C=O) groups is 2. The van der Waals surface area contributed by atoms with Gasteiger partial charge >= 0.3 is 0 Å². The van der Waals surface area contributed by atoms with Crippen molar-refractivity contribution in [2.24, 2.45) is 0 Å². The van der Waals surface area contributed by atoms with Crippen LogP contribution in [0.3, 0.4) is 0 Å². The molecule has 1 aliphatic heterocycles. The fourth-order valence-electron chi connectivity index (χ4n) is 3.86. The number of carbonyl (C=O) groups excluding carboxylic acids is 2. The standard InChI is InChI=1S/C26H25ClN2O2/c1-19-6-8-20(9-7-19)18-28-14-16-29(17-15-28)26(31)24-5-3-2-4-23(24)25(30)21-10-12-22(27)13-11-21/h2-13H,14-18H2,1H3. The maximum Gasteiger partial charge on any atom is 0.254 e. The summed E-state index contributed by atoms with van der Waals surface area (Å²) in [5, 5.41) is 0.574. The molecule has 4 rings (SSSR count). The number of ketones is 1. The van der Waals surface area contributed by atoms with Crippen molar-refractivity contribution in [1.29, 1.82) is 0 Å². The van der Waals surface area contributed by atoms with Crippen molar-refractivity contribution in [2.75, 3.05) is 26.2 Å². The molecule has 0 spiro atoms. The van der Waals surface area contributed by atoms with Gasteiger partial charge in [-0.1, -0.05) is 59.6 Å². The lowest BCUT2D eigenvalue weighted by Gasteiger charge is -2.35. The molecule has 4 nitrogen and oxygen atoms in total. The van der Waals surface area contributed by atoms with Gasteiger partial charge in [0.25, 0.3) is 5.91 Å². The molecule has 158 valence electrons. The number of rotatable bonds is 5. The third kappa shape index (κ3) is 5.04. The second-order valence-corrected chi connectivity index (χ2v) is 8.37. The average molecular weight is 433 g/mol. The minimum atomic E-state index is -0.168. The highest BCUT2D eigenvalue weighted by atomic mass is 35.5. The first-order valence-electron chi connectivity index (χ1n) is 10.5. The van der Waals surface area contributed by atoms with Crippen LogP contribution >= 0.6 is 11.6 Å². The predicted octanol–water partition coefficient (Wildman–Crippen LogP) is 4.84. The molecule has 5 heteroatoms. The Balaban J connectivity index is 1.44. The van der Waals surface area contributed by atoms with Gasteiger partial charge < -0.3 is 4.90 Å². The Kier molecular flexibility index (Phi) is 6.50. The molecule has 1 fully saturated rings. The van der Waals surface area contributed by atoms with Crippen LogP contribution in [0.4, 0.5) is 0 Å². The molecule has 1 amide bonds. The van der Waals surface area contributed by atoms with E-state index in [0.717, 1.165) is 19.6 Å². The Labute approximate surface area is 188 Å². The first-order chi connectivity index (χ1) is 15.0. The molecule has 0 unspecified atom stereocenters. The van der Waals surface area contributed by atoms with E-state index in [0.29, 0.717) is 34.8 Å². The van der Waals surface area contributed by atoms with Crippen molar-refractivity contribution in [3.8, 4) is 0 Å². The van der Waals surface area contributed by atoms with Crippen molar-refractivity contribution in [3.63, 3.8) is 0 Å². The predicted molar refractivity (Wildman–Crippen MR) is 124 cm³/mol. The minimum absolute atomic E-state index is 0.0899. The molecular weight excluding hydrogens is 408 g/mol. The lowest BCUT2D eigenvalue weighted by atomic mass is 9.97. The largest absolute Gasteiger partial charge is 0.336 e. The van der Waals surface area contributed by atoms with Crippen LogP contribution in [0, 0.1) is 6.92 Å². The molecule has 1 aliphatic rings. The summed E-state index contributed by atoms with van der Waals surface area (Å²) in [5.74, 6) is -0.258. The molecule has 0 aliphatic carbocycles. The van der Waals surface area contributed by atoms with E-state index >= 15 is 0 Å². The monoisotopic (exact) mass is 432 g/mol. The molecule has 0 radical (unpaired) electrons. The number of halogens is 1. The maximum atomic E-state index is 13.2. The van der Waals surface area contributed by atoms with E-state index < -0.39 is 0 Å². The maximum absolute atomic E-state index is 13.2. The Hall–Kier alpha value is -2.95. The van der Waals surface area contributed by atoms with Gasteiger partial charge in [0.05, 0.1) is 5.56 Å². The van der Waals surface area contributed by atoms with Gasteiger partial charge in [-0.05, 0) is 42.8 Å². The van der Waals surface area contributed by atoms with Crippen molar-refractivity contribution in [3.05, 3.63) is 106 Å². The Morgan fingerprint density at radius 3 is 2.06 bits per heavy atom. The van der Waals surface area contributed by atoms with Crippen molar-refractivity contribution >= 4 is 23.3 Å². The zero-order valence-electron chi connectivity index (χ0n) is 17.6. The molecule has 0 N–H and O–H groups in total. The Morgan fingerprint density at radius 1 is 0.806 bits per heavy atom. The minimum Gasteiger partial charge on any atom is -0.336 e. The number of nitrogens with zero attached hydrogens (tertiary/aromatic N) is 2. The molecular formula is C26H25ClN2O2. The zero-order chi connectivity index (χ0) is 21.8. The number of amides is 1. The SMILES string of the molecule is Cc1ccc(CN2CCN(C(=O)c3ccccc3C(=O)c3ccc(Cl)cc3)CC2)cc1. The van der Waals surface area contributed by atoms with E-state index in [-0.39, 0.29) is 11.7 Å². The van der Waals surface area contributed by atoms with E-state index in [1.165, 1.54) is 11.1 Å². The van der Waals surface area contributed by atoms with Gasteiger partial charge in [0.2, 0.25) is 0 Å². The fraction of sp³-hybridized carbons (Fsp3) is 0.231. The van der Waals surface area contributed by atoms with E-state index in [9.17, 15) is 9.59 Å². The smallest absolute Gasteiger partial charge is 0.254 e. The highest BCUT2D eigenvalue weighted by Gasteiger charge is 2.25. The molecule has 0 bridgehead atoms. The van der Waals surface area contributed by atoms with Crippen LogP contribution in [0.1, 0.15) is 37.4 Å². The summed E-state index contributed by atoms with van der Waals surface area (Å²) in [7, 11) is 0. The fourth-order valence-corrected chi connectivity index (χ4v) is 3.98. The van der Waals surface area contributed by atoms with Crippen molar-refractivity contribution in [1.82, 2.24) is 9.80 Å². The van der Waals surface area contributed by atoms with Gasteiger partial charge in [-0.3, -0.25) is 14.5 Å². The Morgan fingerprint density at radius 2 is 1.42 bits per heavy atom. The summed E-state index contributed by atoms with van der Waals surface area (Å²) >= 11 is 5.94. The van der Waals surface area contributed by atoms with E-state index in [2.05, 4.69) is 36.1 Å². The summed E-state index contributed by atoms with van der Waals surface area (Å²) in [6.07, 6.45) is 0. The van der Waals surface area contributed by atoms with Crippen molar-refractivity contribution in [2.45, 2.75) is 13.5 Å². The van der Waals surface area contributed by atoms with Gasteiger partial charge in [0.15, 0.2) is 5.78 Å². The van der Waals surface area contributed by atoms with Gasteiger partial charge in [-0.25, -0.2) is 0 Å². The topological polar surface area (TPSA) is 40.6 Å². The summed E-state index contributed by atoms with van der Waals surface area (Å²) in [6, 6.07) is 22.4. The average Bonchev–Trinajstić information content (AvgIpc) is 2.81. The van der Waals surface area contributed by atoms with Gasteiger partial charge in [0.1, 0.15) is 0 Å². The summed E-state index contributed by atoms with van der Waals surface area (Å²) < 4.78 is 0. The number of piperazine rings is 1. The molecule has 1 heterocycles. The molecule has 3 aromatic rings. The zero-order valence-corrected chi connectivity index (χ0v) is 18.3. The third-order valence-corrected chi connectivity index (χ3v) is 5.95. The van der Waals surface area contributed by atoms with Gasteiger partial charge in [-0.2, -0.15) is 0 Å². The van der Waals surface area contributed by atoms with Crippen LogP contribution in [0.15, 0.2) is 72.8 Å². The second-order valence-electron chi connectivity index (χ2n) is 7.94. The van der Waals surface area contributed by atoms with Crippen LogP contribution in [-0.2, 0) is 6.54 Å². The molecule has 1 saturated heterocycles. The second kappa shape index (κ2) is 9.46. The van der Waals surface area contributed by atoms with Crippen LogP contribution in [0.5, 0.6) is 0 Å². The van der Waals surface area contributed by atoms with E-state index in [4.69, 9.17) is 11.6 Å². The van der Waals surface area contributed by atoms with E-state index in [1.807, 2.05) is 4.90 Å². The lowest BCUT2D eigenvalue weighted by Crippen LogP contribution is -2.48. The molecule has 0 aromatic heterocycles. The first-order valence-corrected chi connectivity index (χ1v) is 10.9. The first kappa shape index (κ1) is 21.3. The Bertz CT molecular complexity index is 1070. The van der Waals surface area contributed by atoms with Gasteiger partial charge in [0, 0.05) is 48.9 Å². The van der Waals surface area contributed by atoms with Crippen LogP contribution in [0.25, 0.3) is 0 Å². The normalized spacial score (nSPS) is 14.5. The van der Waals surface area contributed by atoms with Crippen LogP contribution < -0.4 is 0 Å². The number of hydrogen-bond acceptors (Lipinski definition) is 3. The molecule has 0 atom stereocenters. The van der Waals surface area contributed by atoms with E-state index in [1.54, 1.807) is 48.5 Å². The quantitative estimate of drug-likeness (QED) is 0.542. The highest BCUT2D eigenvalue weighted by molar-refractivity contribution is 6.30. The molecule has 3 aromatic carbocycles.